The number of pyridine rings is 1. The van der Waals surface area contributed by atoms with Gasteiger partial charge in [-0.25, -0.2) is 9.97 Å². The number of carbonyl (C=O) groups is 1. The van der Waals surface area contributed by atoms with Gasteiger partial charge in [0.05, 0.1) is 12.2 Å². The number of hydrogen-bond acceptors (Lipinski definition) is 6. The van der Waals surface area contributed by atoms with Crippen LogP contribution in [-0.2, 0) is 17.8 Å². The second-order valence-electron chi connectivity index (χ2n) is 7.35. The van der Waals surface area contributed by atoms with Crippen molar-refractivity contribution in [1.29, 1.82) is 0 Å². The SMILES string of the molecule is CC(=O)N1CCc2c(nc(-c3ccccn3)nc2N2C[C@@H]3C[C@H]2CN3)C1. The first-order chi connectivity index (χ1) is 12.7. The Kier molecular flexibility index (Phi) is 3.63. The first-order valence-corrected chi connectivity index (χ1v) is 9.26. The number of aromatic nitrogens is 3. The van der Waals surface area contributed by atoms with E-state index in [-0.39, 0.29) is 5.91 Å². The second-order valence-corrected chi connectivity index (χ2v) is 7.35. The number of fused-ring (bicyclic) bond motifs is 3. The molecule has 7 heteroatoms. The lowest BCUT2D eigenvalue weighted by Crippen LogP contribution is -2.45. The lowest BCUT2D eigenvalue weighted by Gasteiger charge is -2.34. The first kappa shape index (κ1) is 15.7. The zero-order valence-electron chi connectivity index (χ0n) is 14.9. The Morgan fingerprint density at radius 2 is 2.23 bits per heavy atom. The van der Waals surface area contributed by atoms with Crippen LogP contribution in [-0.4, -0.2) is 57.5 Å². The van der Waals surface area contributed by atoms with E-state index in [1.165, 1.54) is 12.0 Å². The quantitative estimate of drug-likeness (QED) is 0.871. The summed E-state index contributed by atoms with van der Waals surface area (Å²) in [6.07, 6.45) is 3.76. The minimum Gasteiger partial charge on any atom is -0.350 e. The van der Waals surface area contributed by atoms with Crippen LogP contribution in [0.1, 0.15) is 24.6 Å². The fraction of sp³-hybridized carbons (Fsp3) is 0.474. The molecule has 2 aromatic rings. The van der Waals surface area contributed by atoms with Gasteiger partial charge < -0.3 is 15.1 Å². The number of nitrogens with one attached hydrogen (secondary N) is 1. The van der Waals surface area contributed by atoms with Crippen LogP contribution in [0.15, 0.2) is 24.4 Å². The number of carbonyl (C=O) groups excluding carboxylic acids is 1. The zero-order valence-corrected chi connectivity index (χ0v) is 14.9. The van der Waals surface area contributed by atoms with E-state index >= 15 is 0 Å². The fourth-order valence-electron chi connectivity index (χ4n) is 4.35. The van der Waals surface area contributed by atoms with E-state index in [4.69, 9.17) is 9.97 Å². The van der Waals surface area contributed by atoms with Crippen LogP contribution in [0.3, 0.4) is 0 Å². The summed E-state index contributed by atoms with van der Waals surface area (Å²) in [5.74, 6) is 1.80. The molecule has 2 fully saturated rings. The Morgan fingerprint density at radius 3 is 2.92 bits per heavy atom. The molecule has 134 valence electrons. The van der Waals surface area contributed by atoms with Gasteiger partial charge in [-0.15, -0.1) is 0 Å². The van der Waals surface area contributed by atoms with Gasteiger partial charge in [-0.2, -0.15) is 0 Å². The number of piperazine rings is 1. The second kappa shape index (κ2) is 6.02. The zero-order chi connectivity index (χ0) is 17.7. The van der Waals surface area contributed by atoms with E-state index in [1.54, 1.807) is 13.1 Å². The summed E-state index contributed by atoms with van der Waals surface area (Å²) in [7, 11) is 0. The molecule has 26 heavy (non-hydrogen) atoms. The standard InChI is InChI=1S/C19H22N6O/c1-12(26)24-7-5-15-17(11-24)22-18(16-4-2-3-6-20-16)23-19(15)25-10-13-8-14(25)9-21-13/h2-4,6,13-14,21H,5,7-11H2,1H3/t13-,14-/m0/s1. The summed E-state index contributed by atoms with van der Waals surface area (Å²) < 4.78 is 0. The van der Waals surface area contributed by atoms with Gasteiger partial charge in [-0.05, 0) is 25.0 Å². The molecule has 0 aromatic carbocycles. The van der Waals surface area contributed by atoms with Crippen LogP contribution in [0.2, 0.25) is 0 Å². The molecule has 2 bridgehead atoms. The molecule has 7 nitrogen and oxygen atoms in total. The van der Waals surface area contributed by atoms with Gasteiger partial charge in [0, 0.05) is 50.4 Å². The van der Waals surface area contributed by atoms with Gasteiger partial charge >= 0.3 is 0 Å². The van der Waals surface area contributed by atoms with Crippen LogP contribution in [0, 0.1) is 0 Å². The maximum Gasteiger partial charge on any atom is 0.219 e. The van der Waals surface area contributed by atoms with Gasteiger partial charge in [0.25, 0.3) is 0 Å². The highest BCUT2D eigenvalue weighted by molar-refractivity contribution is 5.74. The van der Waals surface area contributed by atoms with E-state index in [0.29, 0.717) is 24.5 Å². The Morgan fingerprint density at radius 1 is 1.31 bits per heavy atom. The molecule has 5 heterocycles. The monoisotopic (exact) mass is 350 g/mol. The molecule has 2 saturated heterocycles. The van der Waals surface area contributed by atoms with Gasteiger partial charge in [0.2, 0.25) is 5.91 Å². The molecule has 2 aromatic heterocycles. The van der Waals surface area contributed by atoms with E-state index in [9.17, 15) is 4.79 Å². The maximum absolute atomic E-state index is 11.9. The number of nitrogens with zero attached hydrogens (tertiary/aromatic N) is 5. The van der Waals surface area contributed by atoms with Crippen molar-refractivity contribution in [2.45, 2.75) is 38.4 Å². The molecular weight excluding hydrogens is 328 g/mol. The molecule has 3 aliphatic heterocycles. The van der Waals surface area contributed by atoms with Crippen molar-refractivity contribution in [3.63, 3.8) is 0 Å². The summed E-state index contributed by atoms with van der Waals surface area (Å²) in [4.78, 5) is 30.3. The molecule has 3 aliphatic rings. The van der Waals surface area contributed by atoms with Crippen LogP contribution in [0.25, 0.3) is 11.5 Å². The van der Waals surface area contributed by atoms with Gasteiger partial charge in [0.15, 0.2) is 5.82 Å². The summed E-state index contributed by atoms with van der Waals surface area (Å²) >= 11 is 0. The molecule has 5 rings (SSSR count). The molecule has 0 saturated carbocycles. The maximum atomic E-state index is 11.9. The normalized spacial score (nSPS) is 24.0. The van der Waals surface area contributed by atoms with Crippen LogP contribution >= 0.6 is 0 Å². The minimum atomic E-state index is 0.0969. The molecule has 0 spiro atoms. The lowest BCUT2D eigenvalue weighted by atomic mass is 10.0. The van der Waals surface area contributed by atoms with E-state index in [0.717, 1.165) is 43.3 Å². The van der Waals surface area contributed by atoms with Gasteiger partial charge in [-0.3, -0.25) is 9.78 Å². The Bertz CT molecular complexity index is 855. The minimum absolute atomic E-state index is 0.0969. The van der Waals surface area contributed by atoms with Crippen LogP contribution in [0.4, 0.5) is 5.82 Å². The van der Waals surface area contributed by atoms with Crippen molar-refractivity contribution in [1.82, 2.24) is 25.2 Å². The highest BCUT2D eigenvalue weighted by atomic mass is 16.2. The Balaban J connectivity index is 1.61. The van der Waals surface area contributed by atoms with Crippen molar-refractivity contribution in [3.8, 4) is 11.5 Å². The van der Waals surface area contributed by atoms with Crippen molar-refractivity contribution in [3.05, 3.63) is 35.7 Å². The van der Waals surface area contributed by atoms with E-state index < -0.39 is 0 Å². The fourth-order valence-corrected chi connectivity index (χ4v) is 4.35. The molecule has 2 atom stereocenters. The van der Waals surface area contributed by atoms with Crippen LogP contribution in [0.5, 0.6) is 0 Å². The van der Waals surface area contributed by atoms with Crippen molar-refractivity contribution >= 4 is 11.7 Å². The molecule has 0 aliphatic carbocycles. The third-order valence-corrected chi connectivity index (χ3v) is 5.71. The average molecular weight is 350 g/mol. The summed E-state index contributed by atoms with van der Waals surface area (Å²) in [5, 5.41) is 3.55. The predicted octanol–water partition coefficient (Wildman–Crippen LogP) is 0.994. The Labute approximate surface area is 152 Å². The molecule has 0 radical (unpaired) electrons. The largest absolute Gasteiger partial charge is 0.350 e. The highest BCUT2D eigenvalue weighted by Gasteiger charge is 2.40. The molecule has 1 amide bonds. The molecular formula is C19H22N6O. The highest BCUT2D eigenvalue weighted by Crippen LogP contribution is 2.34. The summed E-state index contributed by atoms with van der Waals surface area (Å²) in [5.41, 5.74) is 2.95. The first-order valence-electron chi connectivity index (χ1n) is 9.26. The number of rotatable bonds is 2. The molecule has 0 unspecified atom stereocenters. The van der Waals surface area contributed by atoms with Crippen molar-refractivity contribution < 1.29 is 4.79 Å². The number of hydrogen-bond donors (Lipinski definition) is 1. The smallest absolute Gasteiger partial charge is 0.219 e. The number of amides is 1. The lowest BCUT2D eigenvalue weighted by molar-refractivity contribution is -0.129. The summed E-state index contributed by atoms with van der Waals surface area (Å²) in [6.45, 7) is 4.92. The topological polar surface area (TPSA) is 74.2 Å². The van der Waals surface area contributed by atoms with E-state index in [2.05, 4.69) is 15.2 Å². The Hall–Kier alpha value is -2.54. The summed E-state index contributed by atoms with van der Waals surface area (Å²) in [6, 6.07) is 6.84. The molecule has 1 N–H and O–H groups in total. The van der Waals surface area contributed by atoms with Crippen molar-refractivity contribution in [2.75, 3.05) is 24.5 Å². The number of anilines is 1. The third kappa shape index (κ3) is 2.54. The third-order valence-electron chi connectivity index (χ3n) is 5.71. The predicted molar refractivity (Wildman–Crippen MR) is 97.6 cm³/mol. The average Bonchev–Trinajstić information content (AvgIpc) is 3.31. The van der Waals surface area contributed by atoms with Gasteiger partial charge in [0.1, 0.15) is 11.5 Å². The van der Waals surface area contributed by atoms with E-state index in [1.807, 2.05) is 23.1 Å². The van der Waals surface area contributed by atoms with Crippen LogP contribution < -0.4 is 10.2 Å². The van der Waals surface area contributed by atoms with Gasteiger partial charge in [-0.1, -0.05) is 6.07 Å². The van der Waals surface area contributed by atoms with Crippen molar-refractivity contribution in [2.24, 2.45) is 0 Å².